The summed E-state index contributed by atoms with van der Waals surface area (Å²) in [5, 5.41) is 0. The molecule has 4 heteroatoms. The van der Waals surface area contributed by atoms with Crippen molar-refractivity contribution >= 4 is 11.1 Å². The highest BCUT2D eigenvalue weighted by molar-refractivity contribution is 5.72. The maximum Gasteiger partial charge on any atom is 0.181 e. The van der Waals surface area contributed by atoms with Gasteiger partial charge in [0.2, 0.25) is 0 Å². The lowest BCUT2D eigenvalue weighted by Gasteiger charge is -2.19. The predicted octanol–water partition coefficient (Wildman–Crippen LogP) is 1.78. The van der Waals surface area contributed by atoms with E-state index in [1.807, 2.05) is 6.07 Å². The Kier molecular flexibility index (Phi) is 2.61. The van der Waals surface area contributed by atoms with Crippen molar-refractivity contribution in [3.8, 4) is 0 Å². The monoisotopic (exact) mass is 231 g/mol. The molecule has 0 amide bonds. The fourth-order valence-corrected chi connectivity index (χ4v) is 2.75. The molecule has 1 aromatic heterocycles. The van der Waals surface area contributed by atoms with Gasteiger partial charge < -0.3 is 10.2 Å². The number of nitrogens with two attached hydrogens (primary N) is 1. The van der Waals surface area contributed by atoms with Gasteiger partial charge in [-0.25, -0.2) is 4.98 Å². The van der Waals surface area contributed by atoms with Gasteiger partial charge in [-0.1, -0.05) is 6.07 Å². The molecule has 1 aromatic carbocycles. The molecule has 2 heterocycles. The van der Waals surface area contributed by atoms with Gasteiger partial charge in [0.15, 0.2) is 12.0 Å². The Hall–Kier alpha value is -1.39. The lowest BCUT2D eigenvalue weighted by Crippen LogP contribution is -2.20. The van der Waals surface area contributed by atoms with Crippen LogP contribution >= 0.6 is 0 Å². The first kappa shape index (κ1) is 10.7. The molecule has 1 fully saturated rings. The first-order valence-electron chi connectivity index (χ1n) is 6.01. The van der Waals surface area contributed by atoms with Crippen molar-refractivity contribution in [1.29, 1.82) is 0 Å². The summed E-state index contributed by atoms with van der Waals surface area (Å²) < 4.78 is 5.35. The number of rotatable bonds is 2. The van der Waals surface area contributed by atoms with E-state index in [-0.39, 0.29) is 0 Å². The van der Waals surface area contributed by atoms with Crippen LogP contribution in [0.4, 0.5) is 0 Å². The molecule has 17 heavy (non-hydrogen) atoms. The SMILES string of the molecule is CN1CC(CN)CC1c1ccc2ncoc2c1. The summed E-state index contributed by atoms with van der Waals surface area (Å²) in [6.45, 7) is 1.85. The molecule has 0 bridgehead atoms. The Bertz CT molecular complexity index is 522. The van der Waals surface area contributed by atoms with Gasteiger partial charge in [0.25, 0.3) is 0 Å². The minimum absolute atomic E-state index is 0.457. The van der Waals surface area contributed by atoms with Crippen LogP contribution in [0.15, 0.2) is 29.0 Å². The highest BCUT2D eigenvalue weighted by Gasteiger charge is 2.29. The quantitative estimate of drug-likeness (QED) is 0.856. The number of aromatic nitrogens is 1. The number of oxazole rings is 1. The van der Waals surface area contributed by atoms with E-state index < -0.39 is 0 Å². The summed E-state index contributed by atoms with van der Waals surface area (Å²) >= 11 is 0. The first-order valence-corrected chi connectivity index (χ1v) is 6.01. The topological polar surface area (TPSA) is 55.3 Å². The zero-order chi connectivity index (χ0) is 11.8. The lowest BCUT2D eigenvalue weighted by atomic mass is 10.00. The van der Waals surface area contributed by atoms with Crippen molar-refractivity contribution in [2.45, 2.75) is 12.5 Å². The lowest BCUT2D eigenvalue weighted by molar-refractivity contribution is 0.313. The second-order valence-electron chi connectivity index (χ2n) is 4.87. The van der Waals surface area contributed by atoms with Crippen LogP contribution in [-0.4, -0.2) is 30.0 Å². The third-order valence-corrected chi connectivity index (χ3v) is 3.71. The average molecular weight is 231 g/mol. The van der Waals surface area contributed by atoms with Crippen molar-refractivity contribution in [3.05, 3.63) is 30.2 Å². The Morgan fingerprint density at radius 2 is 2.41 bits per heavy atom. The van der Waals surface area contributed by atoms with Crippen molar-refractivity contribution in [2.75, 3.05) is 20.1 Å². The van der Waals surface area contributed by atoms with Gasteiger partial charge in [-0.2, -0.15) is 0 Å². The highest BCUT2D eigenvalue weighted by Crippen LogP contribution is 2.34. The minimum Gasteiger partial charge on any atom is -0.443 e. The smallest absolute Gasteiger partial charge is 0.181 e. The molecule has 1 saturated heterocycles. The van der Waals surface area contributed by atoms with E-state index in [0.29, 0.717) is 12.0 Å². The van der Waals surface area contributed by atoms with Gasteiger partial charge in [0, 0.05) is 12.6 Å². The maximum atomic E-state index is 5.76. The van der Waals surface area contributed by atoms with Gasteiger partial charge >= 0.3 is 0 Å². The van der Waals surface area contributed by atoms with E-state index in [0.717, 1.165) is 30.6 Å². The molecule has 4 nitrogen and oxygen atoms in total. The Labute approximate surface area is 100 Å². The van der Waals surface area contributed by atoms with Crippen molar-refractivity contribution in [3.63, 3.8) is 0 Å². The Morgan fingerprint density at radius 3 is 3.18 bits per heavy atom. The summed E-state index contributed by atoms with van der Waals surface area (Å²) in [6.07, 6.45) is 2.63. The van der Waals surface area contributed by atoms with Crippen LogP contribution in [0.2, 0.25) is 0 Å². The molecule has 2 atom stereocenters. The number of likely N-dealkylation sites (tertiary alicyclic amines) is 1. The first-order chi connectivity index (χ1) is 8.28. The predicted molar refractivity (Wildman–Crippen MR) is 66.5 cm³/mol. The molecule has 0 spiro atoms. The zero-order valence-electron chi connectivity index (χ0n) is 9.97. The summed E-state index contributed by atoms with van der Waals surface area (Å²) in [6, 6.07) is 6.73. The number of hydrogen-bond acceptors (Lipinski definition) is 4. The van der Waals surface area contributed by atoms with E-state index in [1.165, 1.54) is 12.0 Å². The van der Waals surface area contributed by atoms with E-state index in [1.54, 1.807) is 0 Å². The maximum absolute atomic E-state index is 5.76. The van der Waals surface area contributed by atoms with Crippen LogP contribution in [0.3, 0.4) is 0 Å². The fraction of sp³-hybridized carbons (Fsp3) is 0.462. The van der Waals surface area contributed by atoms with Gasteiger partial charge in [-0.3, -0.25) is 4.90 Å². The van der Waals surface area contributed by atoms with E-state index in [9.17, 15) is 0 Å². The molecule has 2 aromatic rings. The average Bonchev–Trinajstić information content (AvgIpc) is 2.93. The Balaban J connectivity index is 1.92. The minimum atomic E-state index is 0.457. The molecule has 1 aliphatic heterocycles. The van der Waals surface area contributed by atoms with Gasteiger partial charge in [-0.05, 0) is 43.6 Å². The van der Waals surface area contributed by atoms with Crippen molar-refractivity contribution < 1.29 is 4.42 Å². The summed E-state index contributed by atoms with van der Waals surface area (Å²) in [5.41, 5.74) is 8.84. The number of hydrogen-bond donors (Lipinski definition) is 1. The third kappa shape index (κ3) is 1.83. The molecular weight excluding hydrogens is 214 g/mol. The normalized spacial score (nSPS) is 25.8. The largest absolute Gasteiger partial charge is 0.443 e. The summed E-state index contributed by atoms with van der Waals surface area (Å²) in [7, 11) is 2.16. The van der Waals surface area contributed by atoms with Gasteiger partial charge in [-0.15, -0.1) is 0 Å². The van der Waals surface area contributed by atoms with Crippen LogP contribution < -0.4 is 5.73 Å². The molecule has 3 rings (SSSR count). The second kappa shape index (κ2) is 4.13. The van der Waals surface area contributed by atoms with Crippen molar-refractivity contribution in [2.24, 2.45) is 11.7 Å². The number of nitrogens with zero attached hydrogens (tertiary/aromatic N) is 2. The molecule has 0 radical (unpaired) electrons. The zero-order valence-corrected chi connectivity index (χ0v) is 9.97. The number of benzene rings is 1. The number of fused-ring (bicyclic) bond motifs is 1. The molecule has 0 aliphatic carbocycles. The van der Waals surface area contributed by atoms with Gasteiger partial charge in [0.05, 0.1) is 0 Å². The third-order valence-electron chi connectivity index (χ3n) is 3.71. The fourth-order valence-electron chi connectivity index (χ4n) is 2.75. The van der Waals surface area contributed by atoms with Crippen LogP contribution in [-0.2, 0) is 0 Å². The van der Waals surface area contributed by atoms with Crippen LogP contribution in [0.25, 0.3) is 11.1 Å². The van der Waals surface area contributed by atoms with E-state index in [2.05, 4.69) is 29.1 Å². The second-order valence-corrected chi connectivity index (χ2v) is 4.87. The molecule has 2 N–H and O–H groups in total. The van der Waals surface area contributed by atoms with E-state index in [4.69, 9.17) is 10.2 Å². The molecule has 1 aliphatic rings. The molecule has 90 valence electrons. The van der Waals surface area contributed by atoms with Crippen LogP contribution in [0.5, 0.6) is 0 Å². The molecule has 0 saturated carbocycles. The van der Waals surface area contributed by atoms with Gasteiger partial charge in [0.1, 0.15) is 5.52 Å². The Morgan fingerprint density at radius 1 is 1.53 bits per heavy atom. The highest BCUT2D eigenvalue weighted by atomic mass is 16.3. The van der Waals surface area contributed by atoms with Crippen LogP contribution in [0, 0.1) is 5.92 Å². The molecular formula is C13H17N3O. The van der Waals surface area contributed by atoms with Crippen LogP contribution in [0.1, 0.15) is 18.0 Å². The molecule has 2 unspecified atom stereocenters. The van der Waals surface area contributed by atoms with Crippen molar-refractivity contribution in [1.82, 2.24) is 9.88 Å². The van der Waals surface area contributed by atoms with E-state index >= 15 is 0 Å². The standard InChI is InChI=1S/C13H17N3O/c1-16-7-9(6-14)4-12(16)10-2-3-11-13(5-10)17-8-15-11/h2-3,5,8-9,12H,4,6-7,14H2,1H3. The summed E-state index contributed by atoms with van der Waals surface area (Å²) in [5.74, 6) is 0.607. The summed E-state index contributed by atoms with van der Waals surface area (Å²) in [4.78, 5) is 6.51.